The van der Waals surface area contributed by atoms with Gasteiger partial charge in [-0.05, 0) is 55.0 Å². The molecular weight excluding hydrogens is 601 g/mol. The summed E-state index contributed by atoms with van der Waals surface area (Å²) in [7, 11) is -3.29. The average Bonchev–Trinajstić information content (AvgIpc) is 3.62. The Labute approximate surface area is 261 Å². The van der Waals surface area contributed by atoms with Crippen molar-refractivity contribution in [2.45, 2.75) is 64.9 Å². The fourth-order valence-electron chi connectivity index (χ4n) is 5.62. The van der Waals surface area contributed by atoms with E-state index in [1.807, 2.05) is 31.6 Å². The summed E-state index contributed by atoms with van der Waals surface area (Å²) in [5.74, 6) is 0.953. The Balaban J connectivity index is 1.01. The highest BCUT2D eigenvalue weighted by Gasteiger charge is 2.26. The van der Waals surface area contributed by atoms with E-state index in [0.717, 1.165) is 70.4 Å². The number of benzene rings is 1. The van der Waals surface area contributed by atoms with Gasteiger partial charge in [-0.15, -0.1) is 11.3 Å². The normalized spacial score (nSPS) is 17.0. The molecule has 12 heteroatoms. The van der Waals surface area contributed by atoms with Crippen molar-refractivity contribution in [1.29, 1.82) is 0 Å². The van der Waals surface area contributed by atoms with E-state index in [1.54, 1.807) is 27.0 Å². The van der Waals surface area contributed by atoms with Gasteiger partial charge in [0, 0.05) is 68.9 Å². The van der Waals surface area contributed by atoms with Gasteiger partial charge in [0.05, 0.1) is 21.0 Å². The molecule has 0 radical (unpaired) electrons. The third-order valence-electron chi connectivity index (χ3n) is 7.99. The van der Waals surface area contributed by atoms with Gasteiger partial charge in [-0.3, -0.25) is 0 Å². The smallest absolute Gasteiger partial charge is 0.274 e. The molecule has 0 aliphatic carbocycles. The average molecular weight is 639 g/mol. The maximum atomic E-state index is 12.9. The van der Waals surface area contributed by atoms with Crippen LogP contribution < -0.4 is 9.64 Å². The van der Waals surface area contributed by atoms with Crippen molar-refractivity contribution >= 4 is 54.4 Å². The van der Waals surface area contributed by atoms with Crippen LogP contribution in [0.2, 0.25) is 0 Å². The second-order valence-electron chi connectivity index (χ2n) is 11.2. The van der Waals surface area contributed by atoms with Gasteiger partial charge in [0.25, 0.3) is 5.19 Å². The van der Waals surface area contributed by atoms with E-state index in [0.29, 0.717) is 37.5 Å². The first-order chi connectivity index (χ1) is 20.9. The fraction of sp³-hybridized carbons (Fsp3) is 0.484. The minimum Gasteiger partial charge on any atom is -0.467 e. The third kappa shape index (κ3) is 7.42. The molecule has 2 aliphatic rings. The van der Waals surface area contributed by atoms with Gasteiger partial charge in [0.1, 0.15) is 6.10 Å². The highest BCUT2D eigenvalue weighted by molar-refractivity contribution is 7.89. The van der Waals surface area contributed by atoms with Crippen LogP contribution >= 0.6 is 22.7 Å². The minimum absolute atomic E-state index is 0.121. The zero-order valence-electron chi connectivity index (χ0n) is 24.7. The molecule has 2 aliphatic heterocycles. The lowest BCUT2D eigenvalue weighted by molar-refractivity contribution is 0.170. The molecule has 0 spiro atoms. The van der Waals surface area contributed by atoms with E-state index >= 15 is 0 Å². The van der Waals surface area contributed by atoms with Crippen molar-refractivity contribution in [3.63, 3.8) is 0 Å². The molecule has 43 heavy (non-hydrogen) atoms. The van der Waals surface area contributed by atoms with Crippen LogP contribution in [0.4, 0.5) is 5.95 Å². The molecule has 1 aromatic carbocycles. The first-order valence-electron chi connectivity index (χ1n) is 15.1. The summed E-state index contributed by atoms with van der Waals surface area (Å²) in [4.78, 5) is 21.6. The van der Waals surface area contributed by atoms with Gasteiger partial charge >= 0.3 is 0 Å². The van der Waals surface area contributed by atoms with E-state index in [2.05, 4.69) is 45.0 Å². The van der Waals surface area contributed by atoms with Crippen molar-refractivity contribution in [2.75, 3.05) is 36.8 Å². The third-order valence-corrected chi connectivity index (χ3v) is 11.8. The molecule has 0 saturated carbocycles. The van der Waals surface area contributed by atoms with Crippen molar-refractivity contribution in [3.05, 3.63) is 63.9 Å². The lowest BCUT2D eigenvalue weighted by Crippen LogP contribution is -2.39. The molecule has 3 aromatic heterocycles. The van der Waals surface area contributed by atoms with Crippen LogP contribution in [0.25, 0.3) is 15.8 Å². The molecule has 228 valence electrons. The Kier molecular flexibility index (Phi) is 9.37. The number of hydrogen-bond donors (Lipinski definition) is 0. The minimum atomic E-state index is -3.29. The van der Waals surface area contributed by atoms with Gasteiger partial charge < -0.3 is 9.64 Å². The molecule has 0 amide bonds. The molecule has 0 N–H and O–H groups in total. The first kappa shape index (κ1) is 30.1. The number of sulfonamides is 1. The van der Waals surface area contributed by atoms with Crippen LogP contribution in [0.15, 0.2) is 42.9 Å². The van der Waals surface area contributed by atoms with Crippen LogP contribution in [0.1, 0.15) is 60.0 Å². The predicted molar refractivity (Wildman–Crippen MR) is 175 cm³/mol. The van der Waals surface area contributed by atoms with E-state index in [1.165, 1.54) is 11.1 Å². The summed E-state index contributed by atoms with van der Waals surface area (Å²) in [5, 5.41) is 1.71. The van der Waals surface area contributed by atoms with Crippen molar-refractivity contribution in [2.24, 2.45) is 0 Å². The summed E-state index contributed by atoms with van der Waals surface area (Å²) in [6, 6.07) is 6.29. The van der Waals surface area contributed by atoms with Crippen LogP contribution in [0.3, 0.4) is 0 Å². The molecule has 6 rings (SSSR count). The lowest BCUT2D eigenvalue weighted by atomic mass is 10.0. The van der Waals surface area contributed by atoms with Gasteiger partial charge in [0.2, 0.25) is 16.0 Å². The molecule has 0 atom stereocenters. The number of anilines is 1. The number of nitrogens with zero attached hydrogens (tertiary/aromatic N) is 6. The van der Waals surface area contributed by atoms with Crippen molar-refractivity contribution < 1.29 is 13.2 Å². The Morgan fingerprint density at radius 3 is 2.53 bits per heavy atom. The molecule has 1 saturated heterocycles. The van der Waals surface area contributed by atoms with E-state index in [9.17, 15) is 8.42 Å². The number of aromatic nitrogens is 4. The second kappa shape index (κ2) is 13.4. The topological polar surface area (TPSA) is 101 Å². The fourth-order valence-corrected chi connectivity index (χ4v) is 8.80. The zero-order chi connectivity index (χ0) is 29.8. The van der Waals surface area contributed by atoms with Gasteiger partial charge in [-0.25, -0.2) is 28.4 Å². The molecular formula is C31H38N6O3S3. The molecule has 0 bridgehead atoms. The summed E-state index contributed by atoms with van der Waals surface area (Å²) in [6.45, 7) is 6.82. The van der Waals surface area contributed by atoms with E-state index < -0.39 is 10.0 Å². The Bertz CT molecular complexity index is 1670. The van der Waals surface area contributed by atoms with Crippen LogP contribution in [0.5, 0.6) is 5.19 Å². The number of ether oxygens (including phenoxy) is 1. The Morgan fingerprint density at radius 2 is 1.84 bits per heavy atom. The highest BCUT2D eigenvalue weighted by Crippen LogP contribution is 2.33. The molecule has 4 aromatic rings. The first-order valence-corrected chi connectivity index (χ1v) is 18.3. The molecule has 5 heterocycles. The summed E-state index contributed by atoms with van der Waals surface area (Å²) in [5.41, 5.74) is 4.41. The summed E-state index contributed by atoms with van der Waals surface area (Å²) in [6.07, 6.45) is 13.8. The van der Waals surface area contributed by atoms with Gasteiger partial charge in [0.15, 0.2) is 0 Å². The number of aryl methyl sites for hydroxylation is 3. The van der Waals surface area contributed by atoms with Crippen molar-refractivity contribution in [1.82, 2.24) is 24.2 Å². The number of fused-ring (bicyclic) bond motifs is 1. The number of rotatable bonds is 11. The maximum Gasteiger partial charge on any atom is 0.274 e. The Morgan fingerprint density at radius 1 is 1.02 bits per heavy atom. The predicted octanol–water partition coefficient (Wildman–Crippen LogP) is 5.90. The largest absolute Gasteiger partial charge is 0.467 e. The SMILES string of the molecule is CCCc1cnc(N2CCC(Oc3nc4ccc(C5=CCN(S(=O)(=O)CCCc6ncc(C)s6)CC5)cc4s3)CC2)nc1. The zero-order valence-corrected chi connectivity index (χ0v) is 27.2. The van der Waals surface area contributed by atoms with Crippen LogP contribution in [-0.4, -0.2) is 70.7 Å². The van der Waals surface area contributed by atoms with Gasteiger partial charge in [-0.2, -0.15) is 4.31 Å². The summed E-state index contributed by atoms with van der Waals surface area (Å²) < 4.78 is 34.9. The summed E-state index contributed by atoms with van der Waals surface area (Å²) >= 11 is 3.21. The quantitative estimate of drug-likeness (QED) is 0.200. The number of hydrogen-bond acceptors (Lipinski definition) is 10. The number of thiazole rings is 2. The Hall–Kier alpha value is -2.93. The molecule has 9 nitrogen and oxygen atoms in total. The standard InChI is InChI=1S/C31H38N6O3S3/c1-3-5-23-20-33-30(34-21-23)36-13-11-26(12-14-36)40-31-35-27-8-7-25(18-28(27)42-31)24-9-15-37(16-10-24)43(38,39)17-4-6-29-32-19-22(2)41-29/h7-9,18-21,26H,3-6,10-17H2,1-2H3. The van der Waals surface area contributed by atoms with Crippen LogP contribution in [0, 0.1) is 6.92 Å². The highest BCUT2D eigenvalue weighted by atomic mass is 32.2. The van der Waals surface area contributed by atoms with Gasteiger partial charge in [-0.1, -0.05) is 36.8 Å². The lowest BCUT2D eigenvalue weighted by Gasteiger charge is -2.31. The van der Waals surface area contributed by atoms with E-state index in [4.69, 9.17) is 9.72 Å². The van der Waals surface area contributed by atoms with Crippen LogP contribution in [-0.2, 0) is 22.9 Å². The molecule has 0 unspecified atom stereocenters. The molecule has 1 fully saturated rings. The van der Waals surface area contributed by atoms with Crippen molar-refractivity contribution in [3.8, 4) is 5.19 Å². The maximum absolute atomic E-state index is 12.9. The second-order valence-corrected chi connectivity index (χ2v) is 15.6. The number of piperidine rings is 1. The van der Waals surface area contributed by atoms with E-state index in [-0.39, 0.29) is 11.9 Å². The monoisotopic (exact) mass is 638 g/mol.